The topological polar surface area (TPSA) is 66.4 Å². The van der Waals surface area contributed by atoms with E-state index in [1.54, 1.807) is 0 Å². The van der Waals surface area contributed by atoms with Gasteiger partial charge in [0.2, 0.25) is 5.91 Å². The first-order valence-electron chi connectivity index (χ1n) is 8.67. The van der Waals surface area contributed by atoms with Crippen molar-refractivity contribution in [2.24, 2.45) is 17.8 Å². The molecule has 0 aliphatic heterocycles. The van der Waals surface area contributed by atoms with E-state index in [1.165, 1.54) is 38.5 Å². The first kappa shape index (κ1) is 16.3. The van der Waals surface area contributed by atoms with Crippen LogP contribution in [0.25, 0.3) is 0 Å². The van der Waals surface area contributed by atoms with Crippen LogP contribution in [-0.4, -0.2) is 23.5 Å². The summed E-state index contributed by atoms with van der Waals surface area (Å²) in [6.07, 6.45) is 12.1. The lowest BCUT2D eigenvalue weighted by Crippen LogP contribution is -2.36. The molecule has 2 unspecified atom stereocenters. The number of hydrogen-bond acceptors (Lipinski definition) is 2. The van der Waals surface area contributed by atoms with E-state index in [-0.39, 0.29) is 17.7 Å². The predicted molar refractivity (Wildman–Crippen MR) is 81.9 cm³/mol. The van der Waals surface area contributed by atoms with Gasteiger partial charge >= 0.3 is 5.97 Å². The third-order valence-corrected chi connectivity index (χ3v) is 5.21. The Morgan fingerprint density at radius 3 is 2.38 bits per heavy atom. The molecule has 0 radical (unpaired) electrons. The van der Waals surface area contributed by atoms with E-state index in [0.29, 0.717) is 6.42 Å². The Morgan fingerprint density at radius 2 is 1.67 bits per heavy atom. The smallest absolute Gasteiger partial charge is 0.306 e. The predicted octanol–water partition coefficient (Wildman–Crippen LogP) is 3.35. The Bertz CT molecular complexity index is 350. The van der Waals surface area contributed by atoms with Crippen LogP contribution in [0.2, 0.25) is 0 Å². The fourth-order valence-electron chi connectivity index (χ4n) is 3.87. The summed E-state index contributed by atoms with van der Waals surface area (Å²) < 4.78 is 0. The minimum atomic E-state index is -0.746. The number of carboxylic acids is 1. The second kappa shape index (κ2) is 8.40. The average molecular weight is 295 g/mol. The maximum Gasteiger partial charge on any atom is 0.306 e. The van der Waals surface area contributed by atoms with Crippen LogP contribution < -0.4 is 5.32 Å². The molecule has 21 heavy (non-hydrogen) atoms. The molecular weight excluding hydrogens is 266 g/mol. The summed E-state index contributed by atoms with van der Waals surface area (Å²) in [4.78, 5) is 23.1. The van der Waals surface area contributed by atoms with Crippen LogP contribution >= 0.6 is 0 Å². The van der Waals surface area contributed by atoms with Gasteiger partial charge in [0.05, 0.1) is 5.92 Å². The molecule has 2 N–H and O–H groups in total. The van der Waals surface area contributed by atoms with Gasteiger partial charge in [-0.3, -0.25) is 9.59 Å². The van der Waals surface area contributed by atoms with Crippen LogP contribution in [0.15, 0.2) is 0 Å². The number of amides is 1. The molecule has 4 heteroatoms. The quantitative estimate of drug-likeness (QED) is 0.738. The zero-order chi connectivity index (χ0) is 15.1. The van der Waals surface area contributed by atoms with Crippen LogP contribution in [0.5, 0.6) is 0 Å². The molecule has 0 aromatic carbocycles. The maximum absolute atomic E-state index is 12.1. The van der Waals surface area contributed by atoms with E-state index < -0.39 is 5.97 Å². The Hall–Kier alpha value is -1.06. The molecule has 2 aliphatic carbocycles. The third-order valence-electron chi connectivity index (χ3n) is 5.21. The number of aliphatic carboxylic acids is 1. The lowest BCUT2D eigenvalue weighted by Gasteiger charge is -2.26. The first-order chi connectivity index (χ1) is 10.2. The Balaban J connectivity index is 1.61. The van der Waals surface area contributed by atoms with Gasteiger partial charge in [-0.25, -0.2) is 0 Å². The summed E-state index contributed by atoms with van der Waals surface area (Å²) in [6.45, 7) is 0.754. The van der Waals surface area contributed by atoms with Gasteiger partial charge in [0.25, 0.3) is 0 Å². The average Bonchev–Trinajstić information content (AvgIpc) is 2.52. The van der Waals surface area contributed by atoms with Crippen LogP contribution in [0.4, 0.5) is 0 Å². The van der Waals surface area contributed by atoms with E-state index in [9.17, 15) is 9.59 Å². The molecule has 0 aromatic heterocycles. The Labute approximate surface area is 127 Å². The highest BCUT2D eigenvalue weighted by atomic mass is 16.4. The molecule has 4 nitrogen and oxygen atoms in total. The normalized spacial score (nSPS) is 27.2. The number of hydrogen-bond donors (Lipinski definition) is 2. The van der Waals surface area contributed by atoms with Gasteiger partial charge in [0, 0.05) is 12.5 Å². The van der Waals surface area contributed by atoms with Crippen LogP contribution in [0.3, 0.4) is 0 Å². The van der Waals surface area contributed by atoms with E-state index in [4.69, 9.17) is 5.11 Å². The van der Waals surface area contributed by atoms with Gasteiger partial charge in [-0.1, -0.05) is 38.5 Å². The minimum Gasteiger partial charge on any atom is -0.481 e. The highest BCUT2D eigenvalue weighted by Gasteiger charge is 2.30. The van der Waals surface area contributed by atoms with Gasteiger partial charge in [-0.2, -0.15) is 0 Å². The second-order valence-electron chi connectivity index (χ2n) is 6.84. The number of carboxylic acid groups (broad SMARTS) is 1. The highest BCUT2D eigenvalue weighted by Crippen LogP contribution is 2.29. The van der Waals surface area contributed by atoms with E-state index in [2.05, 4.69) is 5.32 Å². The van der Waals surface area contributed by atoms with E-state index in [0.717, 1.165) is 38.1 Å². The fourth-order valence-corrected chi connectivity index (χ4v) is 3.87. The van der Waals surface area contributed by atoms with Crippen LogP contribution in [-0.2, 0) is 9.59 Å². The van der Waals surface area contributed by atoms with Crippen molar-refractivity contribution >= 4 is 11.9 Å². The Kier molecular flexibility index (Phi) is 6.52. The highest BCUT2D eigenvalue weighted by molar-refractivity contribution is 5.80. The molecule has 0 heterocycles. The third kappa shape index (κ3) is 5.33. The van der Waals surface area contributed by atoms with E-state index in [1.807, 2.05) is 0 Å². The summed E-state index contributed by atoms with van der Waals surface area (Å²) in [7, 11) is 0. The van der Waals surface area contributed by atoms with Crippen molar-refractivity contribution in [3.63, 3.8) is 0 Å². The SMILES string of the molecule is O=C(O)C1CCCC(C(=O)NCCCC2CCCCC2)C1. The van der Waals surface area contributed by atoms with Gasteiger partial charge in [-0.05, 0) is 38.0 Å². The number of carbonyl (C=O) groups is 2. The molecule has 2 saturated carbocycles. The molecule has 2 aliphatic rings. The monoisotopic (exact) mass is 295 g/mol. The molecule has 2 fully saturated rings. The first-order valence-corrected chi connectivity index (χ1v) is 8.67. The number of rotatable bonds is 6. The number of nitrogens with one attached hydrogen (secondary N) is 1. The lowest BCUT2D eigenvalue weighted by atomic mass is 9.81. The van der Waals surface area contributed by atoms with Gasteiger partial charge in [0.1, 0.15) is 0 Å². The molecule has 0 aromatic rings. The maximum atomic E-state index is 12.1. The molecule has 0 spiro atoms. The molecule has 0 bridgehead atoms. The molecule has 2 atom stereocenters. The fraction of sp³-hybridized carbons (Fsp3) is 0.882. The molecule has 0 saturated heterocycles. The van der Waals surface area contributed by atoms with Gasteiger partial charge in [-0.15, -0.1) is 0 Å². The Morgan fingerprint density at radius 1 is 0.952 bits per heavy atom. The molecule has 1 amide bonds. The zero-order valence-corrected chi connectivity index (χ0v) is 13.0. The van der Waals surface area contributed by atoms with Crippen molar-refractivity contribution in [2.45, 2.75) is 70.6 Å². The summed E-state index contributed by atoms with van der Waals surface area (Å²) in [6, 6.07) is 0. The lowest BCUT2D eigenvalue weighted by molar-refractivity contribution is -0.144. The van der Waals surface area contributed by atoms with Crippen molar-refractivity contribution < 1.29 is 14.7 Å². The standard InChI is InChI=1S/C17H29NO3/c19-16(14-9-4-10-15(12-14)17(20)21)18-11-5-8-13-6-2-1-3-7-13/h13-15H,1-12H2,(H,18,19)(H,20,21). The minimum absolute atomic E-state index is 0.0737. The van der Waals surface area contributed by atoms with Gasteiger partial charge in [0.15, 0.2) is 0 Å². The summed E-state index contributed by atoms with van der Waals surface area (Å²) in [5, 5.41) is 12.1. The zero-order valence-electron chi connectivity index (χ0n) is 13.0. The summed E-state index contributed by atoms with van der Waals surface area (Å²) in [5.74, 6) is -0.220. The van der Waals surface area contributed by atoms with Crippen LogP contribution in [0, 0.1) is 17.8 Å². The van der Waals surface area contributed by atoms with Crippen molar-refractivity contribution in [1.29, 1.82) is 0 Å². The second-order valence-corrected chi connectivity index (χ2v) is 6.84. The summed E-state index contributed by atoms with van der Waals surface area (Å²) >= 11 is 0. The van der Waals surface area contributed by atoms with Crippen molar-refractivity contribution in [1.82, 2.24) is 5.32 Å². The molecular formula is C17H29NO3. The summed E-state index contributed by atoms with van der Waals surface area (Å²) in [5.41, 5.74) is 0. The largest absolute Gasteiger partial charge is 0.481 e. The van der Waals surface area contributed by atoms with E-state index >= 15 is 0 Å². The number of carbonyl (C=O) groups excluding carboxylic acids is 1. The molecule has 120 valence electrons. The van der Waals surface area contributed by atoms with Crippen molar-refractivity contribution in [2.75, 3.05) is 6.54 Å². The van der Waals surface area contributed by atoms with Gasteiger partial charge < -0.3 is 10.4 Å². The van der Waals surface area contributed by atoms with Crippen LogP contribution in [0.1, 0.15) is 70.6 Å². The van der Waals surface area contributed by atoms with Crippen molar-refractivity contribution in [3.8, 4) is 0 Å². The molecule has 2 rings (SSSR count). The van der Waals surface area contributed by atoms with Crippen molar-refractivity contribution in [3.05, 3.63) is 0 Å².